The molecule has 4 aromatic rings. The summed E-state index contributed by atoms with van der Waals surface area (Å²) in [5.74, 6) is 4.15. The molecule has 2 heterocycles. The van der Waals surface area contributed by atoms with E-state index >= 15 is 0 Å². The fraction of sp³-hybridized carbons (Fsp3) is 0.484. The Hall–Kier alpha value is -7.35. The summed E-state index contributed by atoms with van der Waals surface area (Å²) >= 11 is 0. The van der Waals surface area contributed by atoms with Crippen molar-refractivity contribution in [1.82, 2.24) is 47.0 Å². The van der Waals surface area contributed by atoms with Crippen LogP contribution in [-0.4, -0.2) is 114 Å². The van der Waals surface area contributed by atoms with E-state index in [9.17, 15) is 33.6 Å². The standard InChI is InChI=1S/C64H81N9O7/c1-38(65-9)56(74)70-54(63(3,4)5)61(79)72-36-46-33-41(29-32-45(46)34-52(72)59(77)68-50-23-15-19-42-17-11-13-21-48(42)50)26-25-40-27-30-44(31-28-40)58(76)67-47-35-53(60(78)69-51-24-16-20-43-18-12-14-22-49(43)51)73(37-47)62(80)55(64(6,7)8)71-57(75)39(2)66-10/h11-14,17-18,21-22,27-33,38-39,47,50-55,65-66H,15-16,19-20,23-24,34-37H2,1-10H3,(H,67,76)(H,68,77)(H,69,78)(H,70,74)(H,71,75)/t38-,39-,47-,50+,51+,52-,53-,54?,55+/m0/s1. The normalized spacial score (nSPS) is 21.1. The van der Waals surface area contributed by atoms with Crippen molar-refractivity contribution in [2.24, 2.45) is 10.8 Å². The van der Waals surface area contributed by atoms with Gasteiger partial charge in [0.15, 0.2) is 0 Å². The zero-order chi connectivity index (χ0) is 57.6. The number of hydrogen-bond donors (Lipinski definition) is 7. The van der Waals surface area contributed by atoms with Crippen LogP contribution in [0.25, 0.3) is 0 Å². The van der Waals surface area contributed by atoms with Gasteiger partial charge in [0.05, 0.1) is 24.2 Å². The predicted octanol–water partition coefficient (Wildman–Crippen LogP) is 5.70. The van der Waals surface area contributed by atoms with Crippen LogP contribution in [0.2, 0.25) is 0 Å². The molecule has 80 heavy (non-hydrogen) atoms. The number of benzene rings is 4. The highest BCUT2D eigenvalue weighted by Crippen LogP contribution is 2.34. The first-order valence-electron chi connectivity index (χ1n) is 28.4. The molecule has 8 rings (SSSR count). The summed E-state index contributed by atoms with van der Waals surface area (Å²) in [4.78, 5) is 102. The smallest absolute Gasteiger partial charge is 0.251 e. The number of amides is 7. The number of likely N-dealkylation sites (tertiary alicyclic amines) is 1. The molecule has 2 aliphatic carbocycles. The van der Waals surface area contributed by atoms with Gasteiger partial charge in [-0.3, -0.25) is 33.6 Å². The van der Waals surface area contributed by atoms with Crippen molar-refractivity contribution < 1.29 is 33.6 Å². The van der Waals surface area contributed by atoms with Crippen LogP contribution in [0.3, 0.4) is 0 Å². The Balaban J connectivity index is 0.986. The highest BCUT2D eigenvalue weighted by atomic mass is 16.2. The van der Waals surface area contributed by atoms with Crippen molar-refractivity contribution in [2.75, 3.05) is 20.6 Å². The summed E-state index contributed by atoms with van der Waals surface area (Å²) in [5, 5.41) is 21.5. The Morgan fingerprint density at radius 3 is 1.57 bits per heavy atom. The first-order chi connectivity index (χ1) is 38.0. The van der Waals surface area contributed by atoms with E-state index in [0.717, 1.165) is 60.8 Å². The molecule has 424 valence electrons. The third-order valence-electron chi connectivity index (χ3n) is 16.5. The summed E-state index contributed by atoms with van der Waals surface area (Å²) in [6.07, 6.45) is 5.74. The average molecular weight is 1090 g/mol. The molecule has 9 atom stereocenters. The molecule has 0 radical (unpaired) electrons. The lowest BCUT2D eigenvalue weighted by molar-refractivity contribution is -0.147. The fourth-order valence-electron chi connectivity index (χ4n) is 11.4. The molecule has 2 aliphatic heterocycles. The largest absolute Gasteiger partial charge is 0.347 e. The van der Waals surface area contributed by atoms with Gasteiger partial charge in [0.25, 0.3) is 5.91 Å². The quantitative estimate of drug-likeness (QED) is 0.0772. The van der Waals surface area contributed by atoms with Gasteiger partial charge in [-0.15, -0.1) is 0 Å². The first kappa shape index (κ1) is 58.8. The Bertz CT molecular complexity index is 3040. The first-order valence-corrected chi connectivity index (χ1v) is 28.4. The molecule has 7 amide bonds. The van der Waals surface area contributed by atoms with Crippen LogP contribution in [-0.2, 0) is 54.6 Å². The molecular weight excluding hydrogens is 1010 g/mol. The topological polar surface area (TPSA) is 210 Å². The van der Waals surface area contributed by atoms with E-state index in [1.807, 2.05) is 90.1 Å². The van der Waals surface area contributed by atoms with Crippen molar-refractivity contribution in [3.05, 3.63) is 141 Å². The van der Waals surface area contributed by atoms with Crippen LogP contribution in [0.15, 0.2) is 91.0 Å². The molecule has 16 nitrogen and oxygen atoms in total. The summed E-state index contributed by atoms with van der Waals surface area (Å²) in [6, 6.07) is 23.3. The lowest BCUT2D eigenvalue weighted by Crippen LogP contribution is -2.62. The Morgan fingerprint density at radius 1 is 0.562 bits per heavy atom. The number of likely N-dealkylation sites (N-methyl/N-ethyl adjacent to an activating group) is 2. The number of nitrogens with one attached hydrogen (secondary N) is 7. The van der Waals surface area contributed by atoms with E-state index in [0.29, 0.717) is 16.7 Å². The number of carbonyl (C=O) groups is 7. The van der Waals surface area contributed by atoms with Crippen molar-refractivity contribution >= 4 is 41.4 Å². The molecule has 0 spiro atoms. The zero-order valence-corrected chi connectivity index (χ0v) is 48.2. The summed E-state index contributed by atoms with van der Waals surface area (Å²) in [7, 11) is 3.36. The Kier molecular flexibility index (Phi) is 18.4. The van der Waals surface area contributed by atoms with E-state index in [2.05, 4.69) is 67.3 Å². The highest BCUT2D eigenvalue weighted by molar-refractivity contribution is 5.97. The number of aryl methyl sites for hydroxylation is 2. The molecule has 4 aromatic carbocycles. The van der Waals surface area contributed by atoms with E-state index in [-0.39, 0.29) is 73.5 Å². The van der Waals surface area contributed by atoms with Crippen molar-refractivity contribution in [2.45, 2.75) is 168 Å². The molecular formula is C64H81N9O7. The lowest BCUT2D eigenvalue weighted by atomic mass is 9.83. The van der Waals surface area contributed by atoms with E-state index in [1.54, 1.807) is 57.1 Å². The van der Waals surface area contributed by atoms with Gasteiger partial charge in [-0.2, -0.15) is 0 Å². The van der Waals surface area contributed by atoms with Crippen LogP contribution in [0.1, 0.15) is 154 Å². The number of carbonyl (C=O) groups excluding carboxylic acids is 7. The molecule has 1 fully saturated rings. The van der Waals surface area contributed by atoms with Crippen LogP contribution < -0.4 is 37.2 Å². The summed E-state index contributed by atoms with van der Waals surface area (Å²) in [6.45, 7) is 15.0. The second-order valence-corrected chi connectivity index (χ2v) is 24.3. The van der Waals surface area contributed by atoms with E-state index in [4.69, 9.17) is 0 Å². The Morgan fingerprint density at radius 2 is 1.05 bits per heavy atom. The maximum atomic E-state index is 14.9. The number of hydrogen-bond acceptors (Lipinski definition) is 9. The minimum atomic E-state index is -0.949. The number of nitrogens with zero attached hydrogens (tertiary/aromatic N) is 2. The average Bonchev–Trinajstić information content (AvgIpc) is 3.88. The van der Waals surface area contributed by atoms with Gasteiger partial charge in [0.2, 0.25) is 35.4 Å². The second kappa shape index (κ2) is 25.0. The highest BCUT2D eigenvalue weighted by Gasteiger charge is 2.47. The minimum absolute atomic E-state index is 0.0667. The van der Waals surface area contributed by atoms with Gasteiger partial charge in [-0.25, -0.2) is 0 Å². The van der Waals surface area contributed by atoms with E-state index < -0.39 is 59.0 Å². The predicted molar refractivity (Wildman–Crippen MR) is 309 cm³/mol. The maximum absolute atomic E-state index is 14.9. The van der Waals surface area contributed by atoms with Gasteiger partial charge >= 0.3 is 0 Å². The molecule has 0 saturated carbocycles. The van der Waals surface area contributed by atoms with Crippen molar-refractivity contribution in [3.8, 4) is 11.8 Å². The van der Waals surface area contributed by atoms with Gasteiger partial charge in [-0.1, -0.05) is 108 Å². The minimum Gasteiger partial charge on any atom is -0.347 e. The van der Waals surface area contributed by atoms with Crippen LogP contribution in [0, 0.1) is 22.7 Å². The van der Waals surface area contributed by atoms with Gasteiger partial charge in [0.1, 0.15) is 24.2 Å². The van der Waals surface area contributed by atoms with Crippen LogP contribution in [0.4, 0.5) is 0 Å². The monoisotopic (exact) mass is 1090 g/mol. The van der Waals surface area contributed by atoms with E-state index in [1.165, 1.54) is 16.0 Å². The van der Waals surface area contributed by atoms with Crippen LogP contribution in [0.5, 0.6) is 0 Å². The fourth-order valence-corrected chi connectivity index (χ4v) is 11.4. The summed E-state index contributed by atoms with van der Waals surface area (Å²) < 4.78 is 0. The maximum Gasteiger partial charge on any atom is 0.251 e. The number of fused-ring (bicyclic) bond motifs is 3. The molecule has 4 aliphatic rings. The van der Waals surface area contributed by atoms with Gasteiger partial charge < -0.3 is 47.0 Å². The summed E-state index contributed by atoms with van der Waals surface area (Å²) in [5.41, 5.74) is 6.67. The molecule has 1 saturated heterocycles. The second-order valence-electron chi connectivity index (χ2n) is 24.3. The molecule has 16 heteroatoms. The SMILES string of the molecule is CN[C@@H](C)C(=O)NC(C(=O)N1Cc2cc(C#Cc3ccc(C(=O)N[C@H]4C[C@@H](C(=O)N[C@@H]5CCCc6ccccc65)N(C(=O)[C@@H](NC(=O)[C@H](C)NC)C(C)(C)C)C4)cc3)ccc2C[C@H]1C(=O)N[C@@H]1CCCc2ccccc21)C(C)(C)C. The van der Waals surface area contributed by atoms with Crippen molar-refractivity contribution in [1.29, 1.82) is 0 Å². The lowest BCUT2D eigenvalue weighted by Gasteiger charge is -2.41. The van der Waals surface area contributed by atoms with Crippen LogP contribution >= 0.6 is 0 Å². The van der Waals surface area contributed by atoms with Gasteiger partial charge in [-0.05, 0) is 153 Å². The third-order valence-corrected chi connectivity index (χ3v) is 16.5. The third kappa shape index (κ3) is 13.6. The molecule has 0 bridgehead atoms. The molecule has 7 N–H and O–H groups in total. The number of rotatable bonds is 14. The molecule has 1 unspecified atom stereocenters. The van der Waals surface area contributed by atoms with Crippen molar-refractivity contribution in [3.63, 3.8) is 0 Å². The zero-order valence-electron chi connectivity index (χ0n) is 48.2. The molecule has 0 aromatic heterocycles. The Labute approximate surface area is 472 Å². The van der Waals surface area contributed by atoms with Gasteiger partial charge in [0, 0.05) is 42.2 Å².